The van der Waals surface area contributed by atoms with Gasteiger partial charge in [0.05, 0.1) is 17.4 Å². The summed E-state index contributed by atoms with van der Waals surface area (Å²) in [6.45, 7) is 8.64. The van der Waals surface area contributed by atoms with Crippen LogP contribution in [0.15, 0.2) is 134 Å². The van der Waals surface area contributed by atoms with Crippen LogP contribution in [0.2, 0.25) is 0 Å². The minimum atomic E-state index is -0.268. The Labute approximate surface area is 297 Å². The van der Waals surface area contributed by atoms with Crippen LogP contribution in [0.1, 0.15) is 49.9 Å². The van der Waals surface area contributed by atoms with Gasteiger partial charge in [-0.05, 0) is 82.9 Å². The first-order valence-electron chi connectivity index (χ1n) is 16.7. The second kappa shape index (κ2) is 13.4. The van der Waals surface area contributed by atoms with Crippen LogP contribution in [0.3, 0.4) is 0 Å². The van der Waals surface area contributed by atoms with Crippen LogP contribution in [-0.4, -0.2) is 30.1 Å². The van der Waals surface area contributed by atoms with Crippen LogP contribution in [0.25, 0.3) is 10.9 Å². The van der Waals surface area contributed by atoms with Crippen molar-refractivity contribution in [1.82, 2.24) is 19.9 Å². The molecule has 0 amide bonds. The van der Waals surface area contributed by atoms with Gasteiger partial charge in [0.1, 0.15) is 11.5 Å². The first-order chi connectivity index (χ1) is 24.5. The van der Waals surface area contributed by atoms with Crippen molar-refractivity contribution < 1.29 is 10.2 Å². The number of pyridine rings is 1. The van der Waals surface area contributed by atoms with Crippen molar-refractivity contribution in [3.8, 4) is 11.5 Å². The van der Waals surface area contributed by atoms with E-state index in [1.807, 2.05) is 78.9 Å². The Morgan fingerprint density at radius 2 is 0.824 bits per heavy atom. The quantitative estimate of drug-likeness (QED) is 0.0964. The van der Waals surface area contributed by atoms with Crippen molar-refractivity contribution in [2.24, 2.45) is 0 Å². The van der Waals surface area contributed by atoms with Crippen LogP contribution in [0.5, 0.6) is 11.5 Å². The molecule has 0 bridgehead atoms. The molecule has 2 aromatic heterocycles. The van der Waals surface area contributed by atoms with Crippen molar-refractivity contribution in [2.75, 3.05) is 16.0 Å². The molecule has 0 aliphatic carbocycles. The maximum atomic E-state index is 9.76. The van der Waals surface area contributed by atoms with E-state index in [0.29, 0.717) is 17.8 Å². The maximum absolute atomic E-state index is 9.76. The highest BCUT2D eigenvalue weighted by molar-refractivity contribution is 5.82. The molecular formula is C42H39N7O2. The van der Waals surface area contributed by atoms with Crippen molar-refractivity contribution in [3.05, 3.63) is 156 Å². The van der Waals surface area contributed by atoms with Gasteiger partial charge in [-0.3, -0.25) is 4.98 Å². The second-order valence-electron chi connectivity index (χ2n) is 13.6. The molecule has 0 spiro atoms. The summed E-state index contributed by atoms with van der Waals surface area (Å²) >= 11 is 0. The highest BCUT2D eigenvalue weighted by Gasteiger charge is 2.24. The first-order valence-corrected chi connectivity index (χ1v) is 16.7. The fraction of sp³-hybridized carbons (Fsp3) is 0.143. The van der Waals surface area contributed by atoms with E-state index in [1.54, 1.807) is 30.5 Å². The van der Waals surface area contributed by atoms with E-state index in [-0.39, 0.29) is 22.3 Å². The Morgan fingerprint density at radius 3 is 1.25 bits per heavy atom. The molecule has 5 N–H and O–H groups in total. The molecule has 0 saturated heterocycles. The molecule has 0 aliphatic heterocycles. The van der Waals surface area contributed by atoms with Crippen molar-refractivity contribution in [2.45, 2.75) is 38.5 Å². The van der Waals surface area contributed by atoms with E-state index < -0.39 is 0 Å². The minimum absolute atomic E-state index is 0.248. The first kappa shape index (κ1) is 33.0. The molecule has 2 heterocycles. The summed E-state index contributed by atoms with van der Waals surface area (Å²) in [6.07, 6.45) is 1.76. The number of rotatable bonds is 10. The van der Waals surface area contributed by atoms with Crippen LogP contribution in [0.4, 0.5) is 34.9 Å². The normalized spacial score (nSPS) is 11.7. The minimum Gasteiger partial charge on any atom is -0.508 e. The smallest absolute Gasteiger partial charge is 0.233 e. The van der Waals surface area contributed by atoms with Gasteiger partial charge in [-0.1, -0.05) is 94.4 Å². The monoisotopic (exact) mass is 673 g/mol. The number of para-hydroxylation sites is 1. The Balaban J connectivity index is 1.16. The number of benzene rings is 5. The molecule has 51 heavy (non-hydrogen) atoms. The van der Waals surface area contributed by atoms with Gasteiger partial charge < -0.3 is 26.2 Å². The summed E-state index contributed by atoms with van der Waals surface area (Å²) < 4.78 is 0. The van der Waals surface area contributed by atoms with E-state index in [0.717, 1.165) is 50.2 Å². The molecule has 0 saturated carbocycles. The number of aromatic nitrogens is 4. The summed E-state index contributed by atoms with van der Waals surface area (Å²) in [5.74, 6) is 1.57. The zero-order valence-corrected chi connectivity index (χ0v) is 28.9. The number of anilines is 6. The third kappa shape index (κ3) is 7.28. The lowest BCUT2D eigenvalue weighted by Crippen LogP contribution is -2.18. The molecule has 0 radical (unpaired) electrons. The van der Waals surface area contributed by atoms with Crippen molar-refractivity contribution in [3.63, 3.8) is 0 Å². The summed E-state index contributed by atoms with van der Waals surface area (Å²) in [5, 5.41) is 30.5. The maximum Gasteiger partial charge on any atom is 0.233 e. The third-order valence-electron chi connectivity index (χ3n) is 9.39. The molecule has 0 atom stereocenters. The van der Waals surface area contributed by atoms with Crippen LogP contribution in [-0.2, 0) is 10.8 Å². The number of fused-ring (bicyclic) bond motifs is 1. The van der Waals surface area contributed by atoms with E-state index in [1.165, 1.54) is 0 Å². The average molecular weight is 674 g/mol. The summed E-state index contributed by atoms with van der Waals surface area (Å²) in [4.78, 5) is 18.7. The van der Waals surface area contributed by atoms with Gasteiger partial charge in [0.15, 0.2) is 0 Å². The van der Waals surface area contributed by atoms with E-state index >= 15 is 0 Å². The fourth-order valence-corrected chi connectivity index (χ4v) is 6.10. The van der Waals surface area contributed by atoms with Crippen LogP contribution in [0, 0.1) is 0 Å². The number of aromatic hydroxyl groups is 2. The van der Waals surface area contributed by atoms with Crippen LogP contribution >= 0.6 is 0 Å². The Hall–Kier alpha value is -6.48. The van der Waals surface area contributed by atoms with Gasteiger partial charge in [-0.2, -0.15) is 15.0 Å². The van der Waals surface area contributed by atoms with E-state index in [2.05, 4.69) is 72.9 Å². The number of phenols is 2. The number of hydrogen-bond donors (Lipinski definition) is 5. The van der Waals surface area contributed by atoms with Gasteiger partial charge in [0.25, 0.3) is 0 Å². The van der Waals surface area contributed by atoms with Crippen molar-refractivity contribution in [1.29, 1.82) is 0 Å². The molecule has 7 aromatic rings. The molecule has 254 valence electrons. The summed E-state index contributed by atoms with van der Waals surface area (Å²) in [5.41, 5.74) is 7.20. The zero-order valence-electron chi connectivity index (χ0n) is 28.9. The summed E-state index contributed by atoms with van der Waals surface area (Å²) in [6, 6.07) is 40.9. The van der Waals surface area contributed by atoms with Gasteiger partial charge in [-0.25, -0.2) is 0 Å². The molecule has 5 aromatic carbocycles. The molecule has 9 heteroatoms. The lowest BCUT2D eigenvalue weighted by Gasteiger charge is -2.26. The zero-order chi connectivity index (χ0) is 35.6. The van der Waals surface area contributed by atoms with Gasteiger partial charge in [0, 0.05) is 27.6 Å². The standard InChI is InChI=1S/C42H39N7O2/c1-41(2,30-13-21-35(50)22-14-30)28-9-17-32(18-10-28)44-38-47-39(49-40(48-38)46-34-25-27-7-5-6-8-37(27)43-26-34)45-33-19-11-29(12-20-33)42(3,4)31-15-23-36(51)24-16-31/h5-26,50-51H,1-4H3,(H3,44,45,46,47,48,49). The van der Waals surface area contributed by atoms with Crippen LogP contribution < -0.4 is 16.0 Å². The average Bonchev–Trinajstić information content (AvgIpc) is 3.12. The predicted molar refractivity (Wildman–Crippen MR) is 205 cm³/mol. The topological polar surface area (TPSA) is 128 Å². The molecule has 9 nitrogen and oxygen atoms in total. The third-order valence-corrected chi connectivity index (χ3v) is 9.39. The van der Waals surface area contributed by atoms with Gasteiger partial charge in [-0.15, -0.1) is 0 Å². The second-order valence-corrected chi connectivity index (χ2v) is 13.6. The fourth-order valence-electron chi connectivity index (χ4n) is 6.10. The Bertz CT molecular complexity index is 2170. The lowest BCUT2D eigenvalue weighted by atomic mass is 9.78. The largest absolute Gasteiger partial charge is 0.508 e. The molecule has 0 fully saturated rings. The molecule has 0 aliphatic rings. The number of nitrogens with zero attached hydrogens (tertiary/aromatic N) is 4. The van der Waals surface area contributed by atoms with Crippen molar-refractivity contribution >= 4 is 45.8 Å². The Morgan fingerprint density at radius 1 is 0.451 bits per heavy atom. The lowest BCUT2D eigenvalue weighted by molar-refractivity contribution is 0.474. The number of nitrogens with one attached hydrogen (secondary N) is 3. The SMILES string of the molecule is CC(C)(c1ccc(O)cc1)c1ccc(Nc2nc(Nc3ccc(C(C)(C)c4ccc(O)cc4)cc3)nc(Nc3cnc4ccccc4c3)n2)cc1. The molecule has 0 unspecified atom stereocenters. The van der Waals surface area contributed by atoms with E-state index in [9.17, 15) is 10.2 Å². The number of hydrogen-bond acceptors (Lipinski definition) is 9. The summed E-state index contributed by atoms with van der Waals surface area (Å²) in [7, 11) is 0. The predicted octanol–water partition coefficient (Wildman–Crippen LogP) is 9.71. The molecular weight excluding hydrogens is 635 g/mol. The number of phenolic OH excluding ortho intramolecular Hbond substituents is 2. The highest BCUT2D eigenvalue weighted by Crippen LogP contribution is 2.35. The van der Waals surface area contributed by atoms with Gasteiger partial charge >= 0.3 is 0 Å². The Kier molecular flexibility index (Phi) is 8.70. The van der Waals surface area contributed by atoms with Gasteiger partial charge in [0.2, 0.25) is 17.8 Å². The van der Waals surface area contributed by atoms with E-state index in [4.69, 9.17) is 15.0 Å². The highest BCUT2D eigenvalue weighted by atomic mass is 16.3. The molecule has 7 rings (SSSR count).